The van der Waals surface area contributed by atoms with E-state index in [2.05, 4.69) is 5.32 Å². The molecule has 14 heavy (non-hydrogen) atoms. The quantitative estimate of drug-likeness (QED) is 0.661. The van der Waals surface area contributed by atoms with Crippen molar-refractivity contribution in [1.29, 1.82) is 0 Å². The van der Waals surface area contributed by atoms with Crippen LogP contribution in [0.4, 0.5) is 0 Å². The van der Waals surface area contributed by atoms with Crippen LogP contribution in [0.3, 0.4) is 0 Å². The first-order chi connectivity index (χ1) is 6.43. The summed E-state index contributed by atoms with van der Waals surface area (Å²) in [6.07, 6.45) is 0.647. The largest absolute Gasteiger partial charge is 0.509 e. The Morgan fingerprint density at radius 3 is 2.50 bits per heavy atom. The Balaban J connectivity index is 2.87. The number of aliphatic hydroxyl groups is 1. The van der Waals surface area contributed by atoms with Crippen molar-refractivity contribution in [2.45, 2.75) is 33.2 Å². The van der Waals surface area contributed by atoms with Gasteiger partial charge in [0.2, 0.25) is 0 Å². The minimum Gasteiger partial charge on any atom is -0.509 e. The van der Waals surface area contributed by atoms with Gasteiger partial charge in [0.15, 0.2) is 5.78 Å². The topological polar surface area (TPSA) is 66.4 Å². The molecule has 1 aliphatic heterocycles. The first kappa shape index (κ1) is 10.8. The van der Waals surface area contributed by atoms with Crippen molar-refractivity contribution >= 4 is 11.7 Å². The summed E-state index contributed by atoms with van der Waals surface area (Å²) in [6, 6.07) is -0.388. The van der Waals surface area contributed by atoms with E-state index in [9.17, 15) is 14.7 Å². The molecule has 0 saturated carbocycles. The van der Waals surface area contributed by atoms with Crippen LogP contribution in [0.5, 0.6) is 0 Å². The third-order valence-corrected chi connectivity index (χ3v) is 2.18. The Morgan fingerprint density at radius 2 is 2.14 bits per heavy atom. The summed E-state index contributed by atoms with van der Waals surface area (Å²) in [6.45, 7) is 5.26. The zero-order chi connectivity index (χ0) is 10.9. The SMILES string of the molecule is CC(=O)C1=C(O)[C@@H](CC(C)C)NC1=O. The van der Waals surface area contributed by atoms with Crippen LogP contribution in [0.15, 0.2) is 11.3 Å². The Morgan fingerprint density at radius 1 is 1.57 bits per heavy atom. The van der Waals surface area contributed by atoms with Gasteiger partial charge in [-0.1, -0.05) is 13.8 Å². The fraction of sp³-hybridized carbons (Fsp3) is 0.600. The molecular weight excluding hydrogens is 182 g/mol. The smallest absolute Gasteiger partial charge is 0.258 e. The van der Waals surface area contributed by atoms with Crippen LogP contribution < -0.4 is 5.32 Å². The van der Waals surface area contributed by atoms with Gasteiger partial charge in [0, 0.05) is 0 Å². The van der Waals surface area contributed by atoms with Crippen molar-refractivity contribution in [3.05, 3.63) is 11.3 Å². The van der Waals surface area contributed by atoms with Crippen LogP contribution in [0.25, 0.3) is 0 Å². The van der Waals surface area contributed by atoms with Gasteiger partial charge < -0.3 is 10.4 Å². The van der Waals surface area contributed by atoms with Crippen LogP contribution in [-0.4, -0.2) is 22.8 Å². The van der Waals surface area contributed by atoms with Gasteiger partial charge in [-0.25, -0.2) is 0 Å². The standard InChI is InChI=1S/C10H15NO3/c1-5(2)4-7-9(13)8(6(3)12)10(14)11-7/h5,7,13H,4H2,1-3H3,(H,11,14)/t7-/m1/s1. The van der Waals surface area contributed by atoms with E-state index >= 15 is 0 Å². The molecule has 4 heteroatoms. The Bertz CT molecular complexity index is 304. The number of amides is 1. The zero-order valence-corrected chi connectivity index (χ0v) is 8.63. The van der Waals surface area contributed by atoms with Gasteiger partial charge in [-0.05, 0) is 19.3 Å². The van der Waals surface area contributed by atoms with Crippen molar-refractivity contribution in [1.82, 2.24) is 5.32 Å². The van der Waals surface area contributed by atoms with Crippen LogP contribution >= 0.6 is 0 Å². The average Bonchev–Trinajstić information content (AvgIpc) is 2.25. The van der Waals surface area contributed by atoms with Gasteiger partial charge in [0.25, 0.3) is 5.91 Å². The molecule has 0 aromatic heterocycles. The minimum absolute atomic E-state index is 0.0874. The second-order valence-electron chi connectivity index (χ2n) is 3.97. The van der Waals surface area contributed by atoms with Crippen molar-refractivity contribution in [2.75, 3.05) is 0 Å². The zero-order valence-electron chi connectivity index (χ0n) is 8.63. The molecule has 78 valence electrons. The van der Waals surface area contributed by atoms with Crippen molar-refractivity contribution < 1.29 is 14.7 Å². The van der Waals surface area contributed by atoms with E-state index in [1.54, 1.807) is 0 Å². The summed E-state index contributed by atoms with van der Waals surface area (Å²) in [7, 11) is 0. The summed E-state index contributed by atoms with van der Waals surface area (Å²) in [5, 5.41) is 12.2. The highest BCUT2D eigenvalue weighted by atomic mass is 16.3. The van der Waals surface area contributed by atoms with Gasteiger partial charge in [-0.15, -0.1) is 0 Å². The molecular formula is C10H15NO3. The summed E-state index contributed by atoms with van der Waals surface area (Å²) < 4.78 is 0. The number of Topliss-reactive ketones (excluding diaryl/α,β-unsaturated/α-hetero) is 1. The summed E-state index contributed by atoms with van der Waals surface area (Å²) in [4.78, 5) is 22.3. The van der Waals surface area contributed by atoms with Crippen LogP contribution in [-0.2, 0) is 9.59 Å². The number of rotatable bonds is 3. The molecule has 0 saturated heterocycles. The van der Waals surface area contributed by atoms with E-state index in [4.69, 9.17) is 0 Å². The van der Waals surface area contributed by atoms with E-state index in [1.807, 2.05) is 13.8 Å². The fourth-order valence-corrected chi connectivity index (χ4v) is 1.57. The molecule has 1 atom stereocenters. The lowest BCUT2D eigenvalue weighted by Gasteiger charge is -2.12. The highest BCUT2D eigenvalue weighted by molar-refractivity contribution is 6.20. The fourth-order valence-electron chi connectivity index (χ4n) is 1.57. The first-order valence-electron chi connectivity index (χ1n) is 4.68. The van der Waals surface area contributed by atoms with Gasteiger partial charge in [0.05, 0.1) is 6.04 Å². The third kappa shape index (κ3) is 1.95. The number of hydrogen-bond acceptors (Lipinski definition) is 3. The number of nitrogens with one attached hydrogen (secondary N) is 1. The molecule has 0 aromatic carbocycles. The molecule has 0 bridgehead atoms. The molecule has 1 amide bonds. The van der Waals surface area contributed by atoms with E-state index in [1.165, 1.54) is 6.92 Å². The van der Waals surface area contributed by atoms with Crippen molar-refractivity contribution in [3.8, 4) is 0 Å². The maximum atomic E-state index is 11.3. The van der Waals surface area contributed by atoms with Crippen LogP contribution in [0.1, 0.15) is 27.2 Å². The Kier molecular flexibility index (Phi) is 2.93. The molecule has 0 fully saturated rings. The molecule has 1 heterocycles. The molecule has 1 rings (SSSR count). The van der Waals surface area contributed by atoms with Crippen molar-refractivity contribution in [3.63, 3.8) is 0 Å². The van der Waals surface area contributed by atoms with E-state index in [0.29, 0.717) is 12.3 Å². The van der Waals surface area contributed by atoms with Gasteiger partial charge in [-0.3, -0.25) is 9.59 Å². The van der Waals surface area contributed by atoms with Crippen molar-refractivity contribution in [2.24, 2.45) is 5.92 Å². The second-order valence-corrected chi connectivity index (χ2v) is 3.97. The maximum absolute atomic E-state index is 11.3. The lowest BCUT2D eigenvalue weighted by atomic mass is 10.0. The second kappa shape index (κ2) is 3.82. The number of carbonyl (C=O) groups excluding carboxylic acids is 2. The Hall–Kier alpha value is -1.32. The highest BCUT2D eigenvalue weighted by Gasteiger charge is 2.34. The lowest BCUT2D eigenvalue weighted by Crippen LogP contribution is -2.30. The molecule has 0 aliphatic carbocycles. The Labute approximate surface area is 83.0 Å². The average molecular weight is 197 g/mol. The summed E-state index contributed by atoms with van der Waals surface area (Å²) in [5.41, 5.74) is -0.0874. The van der Waals surface area contributed by atoms with E-state index in [0.717, 1.165) is 0 Å². The first-order valence-corrected chi connectivity index (χ1v) is 4.68. The predicted octanol–water partition coefficient (Wildman–Crippen LogP) is 0.932. The summed E-state index contributed by atoms with van der Waals surface area (Å²) >= 11 is 0. The minimum atomic E-state index is -0.458. The number of carbonyl (C=O) groups is 2. The number of ketones is 1. The van der Waals surface area contributed by atoms with E-state index in [-0.39, 0.29) is 23.2 Å². The van der Waals surface area contributed by atoms with Crippen LogP contribution in [0, 0.1) is 5.92 Å². The molecule has 0 aromatic rings. The molecule has 2 N–H and O–H groups in total. The van der Waals surface area contributed by atoms with E-state index < -0.39 is 5.91 Å². The monoisotopic (exact) mass is 197 g/mol. The van der Waals surface area contributed by atoms with Gasteiger partial charge >= 0.3 is 0 Å². The van der Waals surface area contributed by atoms with Crippen LogP contribution in [0.2, 0.25) is 0 Å². The molecule has 0 unspecified atom stereocenters. The van der Waals surface area contributed by atoms with Gasteiger partial charge in [0.1, 0.15) is 11.3 Å². The third-order valence-electron chi connectivity index (χ3n) is 2.18. The molecule has 0 radical (unpaired) electrons. The normalized spacial score (nSPS) is 21.7. The molecule has 4 nitrogen and oxygen atoms in total. The van der Waals surface area contributed by atoms with Gasteiger partial charge in [-0.2, -0.15) is 0 Å². The molecule has 1 aliphatic rings. The summed E-state index contributed by atoms with van der Waals surface area (Å²) in [5.74, 6) is -0.586. The highest BCUT2D eigenvalue weighted by Crippen LogP contribution is 2.20. The maximum Gasteiger partial charge on any atom is 0.258 e. The molecule has 0 spiro atoms. The predicted molar refractivity (Wildman–Crippen MR) is 51.7 cm³/mol. The number of hydrogen-bond donors (Lipinski definition) is 2. The number of aliphatic hydroxyl groups excluding tert-OH is 1. The lowest BCUT2D eigenvalue weighted by molar-refractivity contribution is -0.121.